The maximum atomic E-state index is 12.5. The topological polar surface area (TPSA) is 29.5 Å². The van der Waals surface area contributed by atoms with Crippen molar-refractivity contribution in [2.75, 3.05) is 14.2 Å². The molecule has 0 fully saturated rings. The van der Waals surface area contributed by atoms with Gasteiger partial charge in [-0.25, -0.2) is 0 Å². The quantitative estimate of drug-likeness (QED) is 0.842. The lowest BCUT2D eigenvalue weighted by atomic mass is 9.86. The summed E-state index contributed by atoms with van der Waals surface area (Å²) in [6.07, 6.45) is 4.10. The summed E-state index contributed by atoms with van der Waals surface area (Å²) in [7, 11) is 3.81. The van der Waals surface area contributed by atoms with Gasteiger partial charge in [-0.15, -0.1) is 0 Å². The normalized spacial score (nSPS) is 22.4. The number of rotatable bonds is 3. The molecule has 24 heavy (non-hydrogen) atoms. The molecule has 2 aliphatic carbocycles. The highest BCUT2D eigenvalue weighted by Crippen LogP contribution is 2.43. The van der Waals surface area contributed by atoms with E-state index >= 15 is 0 Å². The van der Waals surface area contributed by atoms with E-state index in [9.17, 15) is 4.79 Å². The molecule has 3 nitrogen and oxygen atoms in total. The molecule has 4 rings (SSSR count). The van der Waals surface area contributed by atoms with Gasteiger partial charge in [0.15, 0.2) is 5.78 Å². The van der Waals surface area contributed by atoms with Crippen molar-refractivity contribution in [2.24, 2.45) is 0 Å². The second-order valence-electron chi connectivity index (χ2n) is 6.87. The molecule has 0 saturated heterocycles. The van der Waals surface area contributed by atoms with Gasteiger partial charge >= 0.3 is 0 Å². The van der Waals surface area contributed by atoms with Gasteiger partial charge in [-0.3, -0.25) is 9.69 Å². The summed E-state index contributed by atoms with van der Waals surface area (Å²) in [6, 6.07) is 15.2. The maximum Gasteiger partial charge on any atom is 0.165 e. The predicted molar refractivity (Wildman–Crippen MR) is 94.6 cm³/mol. The van der Waals surface area contributed by atoms with Crippen molar-refractivity contribution in [3.63, 3.8) is 0 Å². The first-order valence-electron chi connectivity index (χ1n) is 8.70. The predicted octanol–water partition coefficient (Wildman–Crippen LogP) is 4.33. The molecule has 124 valence electrons. The SMILES string of the molecule is COc1ccc2c(c1)C(=O)CC2N(C)C1CCCc2ccccc21. The third kappa shape index (κ3) is 2.44. The number of nitrogens with zero attached hydrogens (tertiary/aromatic N) is 1. The fourth-order valence-electron chi connectivity index (χ4n) is 4.32. The Kier molecular flexibility index (Phi) is 3.89. The minimum Gasteiger partial charge on any atom is -0.497 e. The molecule has 0 radical (unpaired) electrons. The van der Waals surface area contributed by atoms with Gasteiger partial charge in [0, 0.05) is 24.1 Å². The standard InChI is InChI=1S/C21H23NO2/c1-22(19-9-5-7-14-6-3-4-8-16(14)19)20-13-21(23)18-12-15(24-2)10-11-17(18)20/h3-4,6,8,10-12,19-20H,5,7,9,13H2,1-2H3. The lowest BCUT2D eigenvalue weighted by Crippen LogP contribution is -2.30. The van der Waals surface area contributed by atoms with Crippen LogP contribution in [0.5, 0.6) is 5.75 Å². The molecule has 2 aliphatic rings. The zero-order chi connectivity index (χ0) is 16.7. The summed E-state index contributed by atoms with van der Waals surface area (Å²) in [5.41, 5.74) is 4.86. The average molecular weight is 321 g/mol. The first-order chi connectivity index (χ1) is 11.7. The van der Waals surface area contributed by atoms with Crippen molar-refractivity contribution >= 4 is 5.78 Å². The molecule has 0 amide bonds. The maximum absolute atomic E-state index is 12.5. The molecule has 0 bridgehead atoms. The van der Waals surface area contributed by atoms with E-state index in [1.54, 1.807) is 7.11 Å². The van der Waals surface area contributed by atoms with Crippen molar-refractivity contribution in [2.45, 2.75) is 37.8 Å². The van der Waals surface area contributed by atoms with Crippen molar-refractivity contribution in [3.8, 4) is 5.75 Å². The largest absolute Gasteiger partial charge is 0.497 e. The number of aryl methyl sites for hydroxylation is 1. The van der Waals surface area contributed by atoms with Crippen LogP contribution in [0.4, 0.5) is 0 Å². The van der Waals surface area contributed by atoms with Gasteiger partial charge in [-0.05, 0) is 55.1 Å². The Labute approximate surface area is 143 Å². The van der Waals surface area contributed by atoms with Crippen LogP contribution in [0, 0.1) is 0 Å². The first-order valence-corrected chi connectivity index (χ1v) is 8.70. The van der Waals surface area contributed by atoms with Crippen LogP contribution < -0.4 is 4.74 Å². The lowest BCUT2D eigenvalue weighted by molar-refractivity contribution is 0.0933. The number of carbonyl (C=O) groups excluding carboxylic acids is 1. The summed E-state index contributed by atoms with van der Waals surface area (Å²) >= 11 is 0. The van der Waals surface area contributed by atoms with E-state index in [4.69, 9.17) is 4.74 Å². The van der Waals surface area contributed by atoms with Crippen LogP contribution in [0.3, 0.4) is 0 Å². The molecule has 0 spiro atoms. The van der Waals surface area contributed by atoms with E-state index in [1.165, 1.54) is 17.5 Å². The van der Waals surface area contributed by atoms with E-state index in [2.05, 4.69) is 42.3 Å². The summed E-state index contributed by atoms with van der Waals surface area (Å²) in [5.74, 6) is 0.984. The summed E-state index contributed by atoms with van der Waals surface area (Å²) in [6.45, 7) is 0. The van der Waals surface area contributed by atoms with Crippen LogP contribution in [-0.2, 0) is 6.42 Å². The minimum atomic E-state index is 0.162. The highest BCUT2D eigenvalue weighted by molar-refractivity contribution is 6.01. The van der Waals surface area contributed by atoms with Gasteiger partial charge in [0.25, 0.3) is 0 Å². The second kappa shape index (κ2) is 6.06. The number of hydrogen-bond donors (Lipinski definition) is 0. The number of methoxy groups -OCH3 is 1. The smallest absolute Gasteiger partial charge is 0.165 e. The monoisotopic (exact) mass is 321 g/mol. The number of fused-ring (bicyclic) bond motifs is 2. The van der Waals surface area contributed by atoms with Crippen LogP contribution >= 0.6 is 0 Å². The molecule has 2 aromatic carbocycles. The third-order valence-corrected chi connectivity index (χ3v) is 5.62. The molecule has 2 atom stereocenters. The van der Waals surface area contributed by atoms with Crippen molar-refractivity contribution in [1.29, 1.82) is 0 Å². The van der Waals surface area contributed by atoms with Gasteiger partial charge in [0.05, 0.1) is 7.11 Å². The molecule has 3 heteroatoms. The van der Waals surface area contributed by atoms with Gasteiger partial charge < -0.3 is 4.74 Å². The van der Waals surface area contributed by atoms with Crippen LogP contribution in [0.25, 0.3) is 0 Å². The Morgan fingerprint density at radius 1 is 1.08 bits per heavy atom. The Bertz CT molecular complexity index is 783. The third-order valence-electron chi connectivity index (χ3n) is 5.62. The van der Waals surface area contributed by atoms with E-state index in [0.717, 1.165) is 29.7 Å². The number of ether oxygens (including phenoxy) is 1. The van der Waals surface area contributed by atoms with Crippen LogP contribution in [0.15, 0.2) is 42.5 Å². The van der Waals surface area contributed by atoms with Gasteiger partial charge in [0.1, 0.15) is 5.75 Å². The average Bonchev–Trinajstić information content (AvgIpc) is 2.96. The Balaban J connectivity index is 1.68. The van der Waals surface area contributed by atoms with E-state index in [0.29, 0.717) is 12.5 Å². The number of benzene rings is 2. The molecule has 0 heterocycles. The first kappa shape index (κ1) is 15.4. The van der Waals surface area contributed by atoms with Crippen molar-refractivity contribution in [1.82, 2.24) is 4.90 Å². The highest BCUT2D eigenvalue weighted by atomic mass is 16.5. The van der Waals surface area contributed by atoms with Crippen molar-refractivity contribution in [3.05, 3.63) is 64.7 Å². The van der Waals surface area contributed by atoms with Crippen molar-refractivity contribution < 1.29 is 9.53 Å². The Hall–Kier alpha value is -2.13. The number of Topliss-reactive ketones (excluding diaryl/α,β-unsaturated/α-hetero) is 1. The zero-order valence-corrected chi connectivity index (χ0v) is 14.3. The number of carbonyl (C=O) groups is 1. The molecular weight excluding hydrogens is 298 g/mol. The van der Waals surface area contributed by atoms with Crippen LogP contribution in [0.2, 0.25) is 0 Å². The highest BCUT2D eigenvalue weighted by Gasteiger charge is 2.36. The van der Waals surface area contributed by atoms with Gasteiger partial charge in [0.2, 0.25) is 0 Å². The molecule has 0 aromatic heterocycles. The Morgan fingerprint density at radius 3 is 2.75 bits per heavy atom. The summed E-state index contributed by atoms with van der Waals surface area (Å²) in [4.78, 5) is 14.9. The van der Waals surface area contributed by atoms with Gasteiger partial charge in [-0.2, -0.15) is 0 Å². The molecule has 0 aliphatic heterocycles. The van der Waals surface area contributed by atoms with Gasteiger partial charge in [-0.1, -0.05) is 30.3 Å². The fourth-order valence-corrected chi connectivity index (χ4v) is 4.32. The molecular formula is C21H23NO2. The minimum absolute atomic E-state index is 0.162. The van der Waals surface area contributed by atoms with E-state index in [-0.39, 0.29) is 11.8 Å². The number of ketones is 1. The van der Waals surface area contributed by atoms with Crippen LogP contribution in [-0.4, -0.2) is 24.8 Å². The summed E-state index contributed by atoms with van der Waals surface area (Å²) < 4.78 is 5.28. The molecule has 2 aromatic rings. The fraction of sp³-hybridized carbons (Fsp3) is 0.381. The zero-order valence-electron chi connectivity index (χ0n) is 14.3. The lowest BCUT2D eigenvalue weighted by Gasteiger charge is -2.37. The molecule has 0 saturated carbocycles. The van der Waals surface area contributed by atoms with E-state index in [1.807, 2.05) is 12.1 Å². The Morgan fingerprint density at radius 2 is 1.92 bits per heavy atom. The molecule has 0 N–H and O–H groups in total. The molecule has 2 unspecified atom stereocenters. The number of hydrogen-bond acceptors (Lipinski definition) is 3. The summed E-state index contributed by atoms with van der Waals surface area (Å²) in [5, 5.41) is 0. The van der Waals surface area contributed by atoms with Crippen LogP contribution in [0.1, 0.15) is 58.4 Å². The second-order valence-corrected chi connectivity index (χ2v) is 6.87. The van der Waals surface area contributed by atoms with E-state index < -0.39 is 0 Å².